The van der Waals surface area contributed by atoms with Crippen LogP contribution in [0.3, 0.4) is 0 Å². The van der Waals surface area contributed by atoms with E-state index in [2.05, 4.69) is 37.1 Å². The minimum atomic E-state index is 0.252. The molecular formula is C17H26Cl2N2. The zero-order valence-corrected chi connectivity index (χ0v) is 14.8. The number of nitrogens with zero attached hydrogens (tertiary/aromatic N) is 1. The van der Waals surface area contributed by atoms with Crippen molar-refractivity contribution >= 4 is 23.2 Å². The summed E-state index contributed by atoms with van der Waals surface area (Å²) in [7, 11) is 0. The largest absolute Gasteiger partial charge is 0.308 e. The molecule has 0 bridgehead atoms. The van der Waals surface area contributed by atoms with Gasteiger partial charge in [0.25, 0.3) is 0 Å². The lowest BCUT2D eigenvalue weighted by Crippen LogP contribution is -2.63. The fourth-order valence-electron chi connectivity index (χ4n) is 3.22. The average molecular weight is 329 g/mol. The van der Waals surface area contributed by atoms with Gasteiger partial charge in [-0.05, 0) is 37.0 Å². The Bertz CT molecular complexity index is 472. The van der Waals surface area contributed by atoms with Crippen LogP contribution in [0.2, 0.25) is 10.0 Å². The Labute approximate surface area is 138 Å². The van der Waals surface area contributed by atoms with E-state index in [1.54, 1.807) is 0 Å². The van der Waals surface area contributed by atoms with Gasteiger partial charge in [-0.1, -0.05) is 50.0 Å². The number of hydrogen-bond acceptors (Lipinski definition) is 2. The number of rotatable bonds is 5. The predicted molar refractivity (Wildman–Crippen MR) is 92.3 cm³/mol. The van der Waals surface area contributed by atoms with Crippen molar-refractivity contribution in [2.45, 2.75) is 58.2 Å². The van der Waals surface area contributed by atoms with Crippen molar-refractivity contribution in [2.24, 2.45) is 0 Å². The molecule has 21 heavy (non-hydrogen) atoms. The molecule has 0 saturated carbocycles. The van der Waals surface area contributed by atoms with E-state index in [1.807, 2.05) is 12.1 Å². The Morgan fingerprint density at radius 2 is 1.90 bits per heavy atom. The standard InChI is InChI=1S/C17H26Cl2N2/c1-4-14-10-20-17(5-2,6-3)12-21(14)11-13-7-8-15(18)16(19)9-13/h7-9,14,20H,4-6,10-12H2,1-3H3. The Morgan fingerprint density at radius 1 is 1.19 bits per heavy atom. The van der Waals surface area contributed by atoms with Crippen LogP contribution in [0.25, 0.3) is 0 Å². The van der Waals surface area contributed by atoms with Gasteiger partial charge in [0, 0.05) is 31.2 Å². The summed E-state index contributed by atoms with van der Waals surface area (Å²) in [5.41, 5.74) is 1.49. The molecule has 1 fully saturated rings. The fourth-order valence-corrected chi connectivity index (χ4v) is 3.54. The molecule has 1 saturated heterocycles. The number of hydrogen-bond donors (Lipinski definition) is 1. The van der Waals surface area contributed by atoms with Crippen molar-refractivity contribution in [3.63, 3.8) is 0 Å². The van der Waals surface area contributed by atoms with Crippen LogP contribution < -0.4 is 5.32 Å². The van der Waals surface area contributed by atoms with Crippen molar-refractivity contribution in [1.82, 2.24) is 10.2 Å². The molecular weight excluding hydrogens is 303 g/mol. The second-order valence-corrected chi connectivity index (χ2v) is 6.90. The number of nitrogens with one attached hydrogen (secondary N) is 1. The maximum absolute atomic E-state index is 6.15. The van der Waals surface area contributed by atoms with Gasteiger partial charge in [0.05, 0.1) is 10.0 Å². The van der Waals surface area contributed by atoms with Gasteiger partial charge in [-0.15, -0.1) is 0 Å². The maximum Gasteiger partial charge on any atom is 0.0595 e. The second kappa shape index (κ2) is 7.32. The first-order valence-corrected chi connectivity index (χ1v) is 8.72. The highest BCUT2D eigenvalue weighted by Crippen LogP contribution is 2.27. The fraction of sp³-hybridized carbons (Fsp3) is 0.647. The summed E-state index contributed by atoms with van der Waals surface area (Å²) >= 11 is 12.2. The van der Waals surface area contributed by atoms with E-state index in [-0.39, 0.29) is 5.54 Å². The minimum absolute atomic E-state index is 0.252. The molecule has 1 N–H and O–H groups in total. The van der Waals surface area contributed by atoms with Gasteiger partial charge in [0.2, 0.25) is 0 Å². The Morgan fingerprint density at radius 3 is 2.48 bits per heavy atom. The SMILES string of the molecule is CCC1CNC(CC)(CC)CN1Cc1ccc(Cl)c(Cl)c1. The summed E-state index contributed by atoms with van der Waals surface area (Å²) in [6, 6.07) is 6.57. The molecule has 1 unspecified atom stereocenters. The topological polar surface area (TPSA) is 15.3 Å². The Hall–Kier alpha value is -0.280. The molecule has 0 amide bonds. The molecule has 1 heterocycles. The number of halogens is 2. The van der Waals surface area contributed by atoms with Gasteiger partial charge in [-0.2, -0.15) is 0 Å². The van der Waals surface area contributed by atoms with Gasteiger partial charge >= 0.3 is 0 Å². The normalized spacial score (nSPS) is 22.4. The smallest absolute Gasteiger partial charge is 0.0595 e. The summed E-state index contributed by atoms with van der Waals surface area (Å²) in [5.74, 6) is 0. The molecule has 1 aromatic rings. The highest BCUT2D eigenvalue weighted by Gasteiger charge is 2.35. The highest BCUT2D eigenvalue weighted by molar-refractivity contribution is 6.42. The van der Waals surface area contributed by atoms with Crippen LogP contribution in [0.1, 0.15) is 45.6 Å². The quantitative estimate of drug-likeness (QED) is 0.840. The molecule has 0 radical (unpaired) electrons. The number of piperazine rings is 1. The summed E-state index contributed by atoms with van der Waals surface area (Å²) in [6.07, 6.45) is 3.49. The summed E-state index contributed by atoms with van der Waals surface area (Å²) in [6.45, 7) is 9.93. The van der Waals surface area contributed by atoms with Gasteiger partial charge < -0.3 is 5.32 Å². The molecule has 0 aromatic heterocycles. The van der Waals surface area contributed by atoms with Crippen LogP contribution >= 0.6 is 23.2 Å². The lowest BCUT2D eigenvalue weighted by Gasteiger charge is -2.47. The lowest BCUT2D eigenvalue weighted by atomic mass is 9.88. The van der Waals surface area contributed by atoms with Crippen molar-refractivity contribution in [3.8, 4) is 0 Å². The molecule has 118 valence electrons. The van der Waals surface area contributed by atoms with Gasteiger partial charge in [-0.3, -0.25) is 4.90 Å². The molecule has 4 heteroatoms. The average Bonchev–Trinajstić information content (AvgIpc) is 2.51. The summed E-state index contributed by atoms with van der Waals surface area (Å²) in [4.78, 5) is 2.60. The second-order valence-electron chi connectivity index (χ2n) is 6.08. The third kappa shape index (κ3) is 3.92. The van der Waals surface area contributed by atoms with Crippen LogP contribution in [-0.4, -0.2) is 29.6 Å². The van der Waals surface area contributed by atoms with Crippen molar-refractivity contribution in [3.05, 3.63) is 33.8 Å². The third-order valence-corrected chi connectivity index (χ3v) is 5.67. The molecule has 2 nitrogen and oxygen atoms in total. The van der Waals surface area contributed by atoms with Crippen LogP contribution in [0, 0.1) is 0 Å². The monoisotopic (exact) mass is 328 g/mol. The zero-order chi connectivity index (χ0) is 15.5. The molecule has 2 rings (SSSR count). The van der Waals surface area contributed by atoms with Crippen LogP contribution in [0.4, 0.5) is 0 Å². The molecule has 1 aliphatic heterocycles. The molecule has 0 aliphatic carbocycles. The molecule has 0 spiro atoms. The van der Waals surface area contributed by atoms with Gasteiger partial charge in [0.1, 0.15) is 0 Å². The number of benzene rings is 1. The van der Waals surface area contributed by atoms with E-state index >= 15 is 0 Å². The molecule has 1 aromatic carbocycles. The van der Waals surface area contributed by atoms with E-state index < -0.39 is 0 Å². The summed E-state index contributed by atoms with van der Waals surface area (Å²) in [5, 5.41) is 5.06. The zero-order valence-electron chi connectivity index (χ0n) is 13.3. The third-order valence-electron chi connectivity index (χ3n) is 4.93. The predicted octanol–water partition coefficient (Wildman–Crippen LogP) is 4.74. The highest BCUT2D eigenvalue weighted by atomic mass is 35.5. The van der Waals surface area contributed by atoms with E-state index in [9.17, 15) is 0 Å². The van der Waals surface area contributed by atoms with E-state index in [1.165, 1.54) is 5.56 Å². The molecule has 1 aliphatic rings. The summed E-state index contributed by atoms with van der Waals surface area (Å²) < 4.78 is 0. The van der Waals surface area contributed by atoms with Crippen molar-refractivity contribution in [1.29, 1.82) is 0 Å². The van der Waals surface area contributed by atoms with Crippen LogP contribution in [-0.2, 0) is 6.54 Å². The first kappa shape index (κ1) is 17.1. The van der Waals surface area contributed by atoms with Gasteiger partial charge in [0.15, 0.2) is 0 Å². The van der Waals surface area contributed by atoms with E-state index in [0.29, 0.717) is 16.1 Å². The maximum atomic E-state index is 6.15. The first-order chi connectivity index (χ1) is 10.0. The van der Waals surface area contributed by atoms with E-state index in [0.717, 1.165) is 38.9 Å². The van der Waals surface area contributed by atoms with Crippen LogP contribution in [0.5, 0.6) is 0 Å². The Kier molecular flexibility index (Phi) is 5.96. The Balaban J connectivity index is 2.15. The van der Waals surface area contributed by atoms with Crippen molar-refractivity contribution < 1.29 is 0 Å². The van der Waals surface area contributed by atoms with Crippen molar-refractivity contribution in [2.75, 3.05) is 13.1 Å². The first-order valence-electron chi connectivity index (χ1n) is 7.96. The minimum Gasteiger partial charge on any atom is -0.308 e. The van der Waals surface area contributed by atoms with Crippen LogP contribution in [0.15, 0.2) is 18.2 Å². The lowest BCUT2D eigenvalue weighted by molar-refractivity contribution is 0.0643. The molecule has 1 atom stereocenters. The van der Waals surface area contributed by atoms with Gasteiger partial charge in [-0.25, -0.2) is 0 Å². The van der Waals surface area contributed by atoms with E-state index in [4.69, 9.17) is 23.2 Å².